The average Bonchev–Trinajstić information content (AvgIpc) is 2.61. The molecule has 1 N–H and O–H groups in total. The minimum absolute atomic E-state index is 0.284. The van der Waals surface area contributed by atoms with E-state index >= 15 is 0 Å². The first kappa shape index (κ1) is 18.5. The molecule has 0 aromatic heterocycles. The molecule has 0 aliphatic rings. The van der Waals surface area contributed by atoms with Gasteiger partial charge in [-0.05, 0) is 36.6 Å². The predicted octanol–water partition coefficient (Wildman–Crippen LogP) is 4.00. The molecule has 2 aromatic carbocycles. The fourth-order valence-electron chi connectivity index (χ4n) is 2.42. The molecule has 0 saturated heterocycles. The maximum absolute atomic E-state index is 12.5. The van der Waals surface area contributed by atoms with Crippen molar-refractivity contribution < 1.29 is 19.1 Å². The van der Waals surface area contributed by atoms with Gasteiger partial charge in [0.25, 0.3) is 5.91 Å². The monoisotopic (exact) mass is 341 g/mol. The third kappa shape index (κ3) is 4.59. The van der Waals surface area contributed by atoms with Crippen molar-refractivity contribution >= 4 is 17.6 Å². The molecule has 2 aromatic rings. The number of para-hydroxylation sites is 2. The van der Waals surface area contributed by atoms with Crippen LogP contribution in [0.15, 0.2) is 48.5 Å². The van der Waals surface area contributed by atoms with Gasteiger partial charge in [0.2, 0.25) is 0 Å². The van der Waals surface area contributed by atoms with Crippen molar-refractivity contribution in [1.82, 2.24) is 0 Å². The molecule has 0 spiro atoms. The number of carbonyl (C=O) groups is 2. The molecule has 0 saturated carbocycles. The van der Waals surface area contributed by atoms with Crippen LogP contribution in [0.1, 0.15) is 42.6 Å². The maximum atomic E-state index is 12.5. The summed E-state index contributed by atoms with van der Waals surface area (Å²) in [5.41, 5.74) is 1.73. The Kier molecular flexibility index (Phi) is 6.17. The number of methoxy groups -OCH3 is 1. The first-order chi connectivity index (χ1) is 11.9. The van der Waals surface area contributed by atoms with Gasteiger partial charge in [-0.3, -0.25) is 4.79 Å². The van der Waals surface area contributed by atoms with Gasteiger partial charge >= 0.3 is 5.97 Å². The number of ether oxygens (including phenoxy) is 2. The van der Waals surface area contributed by atoms with Crippen LogP contribution in [0.3, 0.4) is 0 Å². The third-order valence-corrected chi connectivity index (χ3v) is 3.80. The van der Waals surface area contributed by atoms with Gasteiger partial charge in [0.1, 0.15) is 5.75 Å². The number of hydrogen-bond donors (Lipinski definition) is 1. The topological polar surface area (TPSA) is 64.6 Å². The van der Waals surface area contributed by atoms with Crippen LogP contribution < -0.4 is 10.1 Å². The molecule has 0 radical (unpaired) electrons. The average molecular weight is 341 g/mol. The van der Waals surface area contributed by atoms with E-state index in [1.165, 1.54) is 7.11 Å². The minimum Gasteiger partial charge on any atom is -0.481 e. The number of carbonyl (C=O) groups excluding carboxylic acids is 2. The molecule has 25 heavy (non-hydrogen) atoms. The van der Waals surface area contributed by atoms with Crippen LogP contribution in [0.4, 0.5) is 5.69 Å². The number of amides is 1. The van der Waals surface area contributed by atoms with Crippen molar-refractivity contribution in [2.24, 2.45) is 0 Å². The van der Waals surface area contributed by atoms with E-state index in [4.69, 9.17) is 9.47 Å². The highest BCUT2D eigenvalue weighted by Gasteiger charge is 2.20. The van der Waals surface area contributed by atoms with Gasteiger partial charge in [0, 0.05) is 0 Å². The summed E-state index contributed by atoms with van der Waals surface area (Å²) in [4.78, 5) is 24.3. The molecule has 5 nitrogen and oxygen atoms in total. The first-order valence-corrected chi connectivity index (χ1v) is 8.17. The van der Waals surface area contributed by atoms with Crippen LogP contribution in [0, 0.1) is 0 Å². The van der Waals surface area contributed by atoms with Crippen LogP contribution in [0.25, 0.3) is 0 Å². The summed E-state index contributed by atoms with van der Waals surface area (Å²) in [5.74, 6) is 0.123. The Morgan fingerprint density at radius 2 is 1.60 bits per heavy atom. The summed E-state index contributed by atoms with van der Waals surface area (Å²) in [5, 5.41) is 2.73. The maximum Gasteiger partial charge on any atom is 0.339 e. The Bertz CT molecular complexity index is 755. The van der Waals surface area contributed by atoms with E-state index in [9.17, 15) is 9.59 Å². The Morgan fingerprint density at radius 1 is 0.960 bits per heavy atom. The highest BCUT2D eigenvalue weighted by Crippen LogP contribution is 2.27. The molecule has 2 rings (SSSR count). The largest absolute Gasteiger partial charge is 0.481 e. The number of anilines is 1. The second-order valence-corrected chi connectivity index (χ2v) is 5.98. The first-order valence-electron chi connectivity index (χ1n) is 8.17. The fourth-order valence-corrected chi connectivity index (χ4v) is 2.42. The molecule has 5 heteroatoms. The molecule has 1 atom stereocenters. The second kappa shape index (κ2) is 8.33. The summed E-state index contributed by atoms with van der Waals surface area (Å²) >= 11 is 0. The van der Waals surface area contributed by atoms with Crippen molar-refractivity contribution in [1.29, 1.82) is 0 Å². The van der Waals surface area contributed by atoms with Crippen LogP contribution >= 0.6 is 0 Å². The lowest BCUT2D eigenvalue weighted by Crippen LogP contribution is -2.31. The lowest BCUT2D eigenvalue weighted by molar-refractivity contribution is -0.122. The zero-order chi connectivity index (χ0) is 18.4. The van der Waals surface area contributed by atoms with Crippen LogP contribution in [-0.2, 0) is 9.53 Å². The lowest BCUT2D eigenvalue weighted by Gasteiger charge is -2.19. The lowest BCUT2D eigenvalue weighted by atomic mass is 10.0. The molecule has 0 bridgehead atoms. The molecule has 0 heterocycles. The van der Waals surface area contributed by atoms with Crippen LogP contribution in [0.5, 0.6) is 5.75 Å². The molecule has 132 valence electrons. The zero-order valence-electron chi connectivity index (χ0n) is 14.9. The smallest absolute Gasteiger partial charge is 0.339 e. The predicted molar refractivity (Wildman–Crippen MR) is 97.0 cm³/mol. The van der Waals surface area contributed by atoms with E-state index in [0.717, 1.165) is 5.56 Å². The minimum atomic E-state index is -0.717. The summed E-state index contributed by atoms with van der Waals surface area (Å²) in [6.45, 7) is 5.81. The molecule has 0 aliphatic heterocycles. The molecule has 0 aliphatic carbocycles. The molecular weight excluding hydrogens is 318 g/mol. The molecule has 1 unspecified atom stereocenters. The molecule has 1 amide bonds. The Morgan fingerprint density at radius 3 is 2.28 bits per heavy atom. The Hall–Kier alpha value is -2.82. The number of hydrogen-bond acceptors (Lipinski definition) is 4. The van der Waals surface area contributed by atoms with Gasteiger partial charge in [-0.25, -0.2) is 4.79 Å². The van der Waals surface area contributed by atoms with Crippen molar-refractivity contribution in [3.05, 3.63) is 59.7 Å². The van der Waals surface area contributed by atoms with Gasteiger partial charge in [-0.2, -0.15) is 0 Å². The summed E-state index contributed by atoms with van der Waals surface area (Å²) in [7, 11) is 1.30. The molecular formula is C20H23NO4. The summed E-state index contributed by atoms with van der Waals surface area (Å²) < 4.78 is 10.6. The quantitative estimate of drug-likeness (QED) is 0.807. The van der Waals surface area contributed by atoms with Gasteiger partial charge in [-0.15, -0.1) is 0 Å². The van der Waals surface area contributed by atoms with E-state index in [1.807, 2.05) is 24.3 Å². The Labute approximate surface area is 148 Å². The van der Waals surface area contributed by atoms with E-state index < -0.39 is 12.1 Å². The standard InChI is InChI=1S/C20H23NO4/c1-13(2)15-9-6-8-12-18(15)25-14(3)19(22)21-17-11-7-5-10-16(17)20(23)24-4/h5-14H,1-4H3,(H,21,22). The summed E-state index contributed by atoms with van der Waals surface area (Å²) in [6, 6.07) is 14.3. The van der Waals surface area contributed by atoms with E-state index in [1.54, 1.807) is 31.2 Å². The van der Waals surface area contributed by atoms with Gasteiger partial charge in [-0.1, -0.05) is 44.2 Å². The van der Waals surface area contributed by atoms with Crippen molar-refractivity contribution in [3.8, 4) is 5.75 Å². The fraction of sp³-hybridized carbons (Fsp3) is 0.300. The van der Waals surface area contributed by atoms with Gasteiger partial charge in [0.15, 0.2) is 6.10 Å². The van der Waals surface area contributed by atoms with Crippen LogP contribution in [-0.4, -0.2) is 25.1 Å². The van der Waals surface area contributed by atoms with Crippen molar-refractivity contribution in [2.75, 3.05) is 12.4 Å². The van der Waals surface area contributed by atoms with Crippen molar-refractivity contribution in [2.45, 2.75) is 32.8 Å². The van der Waals surface area contributed by atoms with E-state index in [-0.39, 0.29) is 11.8 Å². The number of benzene rings is 2. The second-order valence-electron chi connectivity index (χ2n) is 5.98. The van der Waals surface area contributed by atoms with Crippen LogP contribution in [0.2, 0.25) is 0 Å². The Balaban J connectivity index is 2.13. The van der Waals surface area contributed by atoms with Crippen molar-refractivity contribution in [3.63, 3.8) is 0 Å². The zero-order valence-corrected chi connectivity index (χ0v) is 14.9. The van der Waals surface area contributed by atoms with E-state index in [2.05, 4.69) is 19.2 Å². The highest BCUT2D eigenvalue weighted by atomic mass is 16.5. The van der Waals surface area contributed by atoms with E-state index in [0.29, 0.717) is 17.0 Å². The number of rotatable bonds is 6. The number of esters is 1. The number of nitrogens with one attached hydrogen (secondary N) is 1. The normalized spacial score (nSPS) is 11.7. The van der Waals surface area contributed by atoms with Gasteiger partial charge < -0.3 is 14.8 Å². The molecule has 0 fully saturated rings. The SMILES string of the molecule is COC(=O)c1ccccc1NC(=O)C(C)Oc1ccccc1C(C)C. The third-order valence-electron chi connectivity index (χ3n) is 3.80. The summed E-state index contributed by atoms with van der Waals surface area (Å²) in [6.07, 6.45) is -0.717. The highest BCUT2D eigenvalue weighted by molar-refractivity contribution is 6.02. The van der Waals surface area contributed by atoms with Gasteiger partial charge in [0.05, 0.1) is 18.4 Å².